The number of guanidine groups is 1. The highest BCUT2D eigenvalue weighted by molar-refractivity contribution is 7.80. The number of carboxylic acids is 1. The van der Waals surface area contributed by atoms with Crippen molar-refractivity contribution >= 4 is 62.8 Å². The zero-order valence-electron chi connectivity index (χ0n) is 29.2. The third kappa shape index (κ3) is 9.50. The lowest BCUT2D eigenvalue weighted by Crippen LogP contribution is -2.76. The number of oxime groups is 1. The van der Waals surface area contributed by atoms with Gasteiger partial charge in [-0.15, -0.1) is 15.6 Å². The molecule has 3 unspecified atom stereocenters. The summed E-state index contributed by atoms with van der Waals surface area (Å²) in [5, 5.41) is 41.2. The molecule has 3 aliphatic heterocycles. The largest absolute Gasteiger partial charge is 0.485 e. The number of carbonyl (C=O) groups is 4. The van der Waals surface area contributed by atoms with E-state index in [0.29, 0.717) is 36.3 Å². The number of thiazole rings is 1. The topological polar surface area (TPSA) is 340 Å². The van der Waals surface area contributed by atoms with Gasteiger partial charge in [0.25, 0.3) is 23.9 Å². The first-order valence-electron chi connectivity index (χ1n) is 16.1. The smallest absolute Gasteiger partial charge is 0.418 e. The van der Waals surface area contributed by atoms with Crippen molar-refractivity contribution < 1.29 is 61.3 Å². The van der Waals surface area contributed by atoms with Crippen LogP contribution in [0.4, 0.5) is 5.13 Å². The number of hydroxylamine groups is 2. The Balaban J connectivity index is 0.00000209. The quantitative estimate of drug-likeness (QED) is 0.0354. The van der Waals surface area contributed by atoms with E-state index in [0.717, 1.165) is 22.5 Å². The summed E-state index contributed by atoms with van der Waals surface area (Å²) in [6, 6.07) is 4.27. The summed E-state index contributed by atoms with van der Waals surface area (Å²) in [4.78, 5) is 61.3. The van der Waals surface area contributed by atoms with Crippen molar-refractivity contribution in [3.8, 4) is 5.75 Å². The zero-order valence-corrected chi connectivity index (χ0v) is 30.8. The van der Waals surface area contributed by atoms with Gasteiger partial charge in [-0.05, 0) is 50.8 Å². The highest BCUT2D eigenvalue weighted by atomic mass is 32.3. The minimum atomic E-state index is -5.03. The summed E-state index contributed by atoms with van der Waals surface area (Å²) in [5.74, 6) is -2.36. The zero-order chi connectivity index (χ0) is 40.0. The molecule has 0 aliphatic carbocycles. The van der Waals surface area contributed by atoms with Crippen molar-refractivity contribution in [2.45, 2.75) is 68.9 Å². The van der Waals surface area contributed by atoms with Gasteiger partial charge in [-0.1, -0.05) is 17.3 Å². The second-order valence-electron chi connectivity index (χ2n) is 12.9. The Hall–Kier alpha value is -5.14. The van der Waals surface area contributed by atoms with Gasteiger partial charge >= 0.3 is 16.4 Å². The third-order valence-corrected chi connectivity index (χ3v) is 9.74. The number of aliphatic hydroxyl groups excluding tert-OH is 1. The van der Waals surface area contributed by atoms with Crippen LogP contribution in [0.5, 0.6) is 5.75 Å². The molecule has 2 aromatic rings. The average Bonchev–Trinajstić information content (AvgIpc) is 3.56. The van der Waals surface area contributed by atoms with Gasteiger partial charge in [-0.25, -0.2) is 9.78 Å². The number of amides is 2. The number of nitrogens with one attached hydrogen (secondary N) is 3. The van der Waals surface area contributed by atoms with Crippen LogP contribution in [0.2, 0.25) is 0 Å². The lowest BCUT2D eigenvalue weighted by molar-refractivity contribution is -0.218. The van der Waals surface area contributed by atoms with E-state index in [1.165, 1.54) is 26.2 Å². The summed E-state index contributed by atoms with van der Waals surface area (Å²) >= 11 is 0.963. The lowest BCUT2D eigenvalue weighted by Gasteiger charge is -2.50. The van der Waals surface area contributed by atoms with Gasteiger partial charge in [0.2, 0.25) is 0 Å². The number of aliphatic carboxylic acids is 1. The molecule has 22 nitrogen and oxygen atoms in total. The van der Waals surface area contributed by atoms with E-state index in [2.05, 4.69) is 35.4 Å². The van der Waals surface area contributed by atoms with E-state index in [1.807, 2.05) is 12.1 Å². The van der Waals surface area contributed by atoms with Crippen molar-refractivity contribution in [2.75, 3.05) is 31.9 Å². The van der Waals surface area contributed by atoms with Crippen molar-refractivity contribution in [3.63, 3.8) is 0 Å². The van der Waals surface area contributed by atoms with Crippen molar-refractivity contribution in [1.82, 2.24) is 26.0 Å². The van der Waals surface area contributed by atoms with Crippen LogP contribution in [-0.2, 0) is 45.1 Å². The number of fused-ring (bicyclic) bond motifs is 1. The number of aliphatic imine (C=N–C) groups is 1. The predicted molar refractivity (Wildman–Crippen MR) is 190 cm³/mol. The first-order valence-corrected chi connectivity index (χ1v) is 18.4. The van der Waals surface area contributed by atoms with Crippen LogP contribution in [0.1, 0.15) is 49.9 Å². The summed E-state index contributed by atoms with van der Waals surface area (Å²) in [6.45, 7) is 5.25. The number of aliphatic hydroxyl groups is 1. The van der Waals surface area contributed by atoms with Crippen LogP contribution in [0, 0.1) is 0 Å². The van der Waals surface area contributed by atoms with Crippen molar-refractivity contribution in [3.05, 3.63) is 40.4 Å². The number of hydrogen-bond acceptors (Lipinski definition) is 18. The molecular formula is C30H41N9O13S2. The molecule has 0 saturated carbocycles. The molecule has 11 N–H and O–H groups in total. The fraction of sp³-hybridized carbons (Fsp3) is 0.500. The normalized spacial score (nSPS) is 22.2. The minimum absolute atomic E-state index is 0.0566. The number of β-lactam (4-membered cyclic amide) rings is 1. The molecule has 0 spiro atoms. The molecule has 1 aromatic carbocycles. The number of nitrogens with zero attached hydrogens (tertiary/aromatic N) is 4. The summed E-state index contributed by atoms with van der Waals surface area (Å²) in [6.07, 6.45) is -1.08. The molecular weight excluding hydrogens is 759 g/mol. The van der Waals surface area contributed by atoms with E-state index < -0.39 is 63.3 Å². The van der Waals surface area contributed by atoms with E-state index in [-0.39, 0.29) is 42.7 Å². The Bertz CT molecular complexity index is 1910. The number of benzene rings is 1. The fourth-order valence-electron chi connectivity index (χ4n) is 5.63. The van der Waals surface area contributed by atoms with Crippen molar-refractivity contribution in [1.29, 1.82) is 0 Å². The highest BCUT2D eigenvalue weighted by Crippen LogP contribution is 2.36. The molecule has 5 atom stereocenters. The number of carboxylic acid groups (broad SMARTS) is 2. The summed E-state index contributed by atoms with van der Waals surface area (Å²) in [7, 11) is -5.03. The number of carbonyl (C=O) groups excluding carboxylic acids is 2. The van der Waals surface area contributed by atoms with E-state index >= 15 is 0 Å². The molecule has 54 heavy (non-hydrogen) atoms. The van der Waals surface area contributed by atoms with Gasteiger partial charge < -0.3 is 52.3 Å². The van der Waals surface area contributed by atoms with E-state index in [4.69, 9.17) is 35.5 Å². The van der Waals surface area contributed by atoms with Crippen LogP contribution in [0.25, 0.3) is 0 Å². The Morgan fingerprint density at radius 2 is 2.06 bits per heavy atom. The van der Waals surface area contributed by atoms with Gasteiger partial charge in [0, 0.05) is 30.9 Å². The Morgan fingerprint density at radius 3 is 2.61 bits per heavy atom. The van der Waals surface area contributed by atoms with Gasteiger partial charge in [0.05, 0.1) is 18.2 Å². The Morgan fingerprint density at radius 1 is 1.35 bits per heavy atom. The predicted octanol–water partition coefficient (Wildman–Crippen LogP) is -1.82. The second kappa shape index (κ2) is 16.9. The molecule has 4 heterocycles. The first kappa shape index (κ1) is 41.6. The van der Waals surface area contributed by atoms with Gasteiger partial charge in [0.15, 0.2) is 22.9 Å². The van der Waals surface area contributed by atoms with E-state index in [9.17, 15) is 33.0 Å². The maximum absolute atomic E-state index is 13.5. The fourth-order valence-corrected chi connectivity index (χ4v) is 6.63. The monoisotopic (exact) mass is 799 g/mol. The average molecular weight is 800 g/mol. The van der Waals surface area contributed by atoms with Crippen LogP contribution in [0.15, 0.2) is 33.7 Å². The number of anilines is 1. The molecule has 2 amide bonds. The third-order valence-electron chi connectivity index (χ3n) is 8.73. The Labute approximate surface area is 312 Å². The molecule has 0 radical (unpaired) electrons. The molecule has 0 bridgehead atoms. The number of aryl methyl sites for hydroxylation is 1. The van der Waals surface area contributed by atoms with Crippen LogP contribution >= 0.6 is 11.3 Å². The summed E-state index contributed by atoms with van der Waals surface area (Å²) in [5.41, 5.74) is 8.91. The second-order valence-corrected chi connectivity index (χ2v) is 14.8. The number of nitrogen functional groups attached to an aromatic ring is 1. The van der Waals surface area contributed by atoms with Gasteiger partial charge in [-0.3, -0.25) is 23.9 Å². The molecule has 1 fully saturated rings. The maximum atomic E-state index is 13.5. The molecule has 1 saturated heterocycles. The molecule has 1 aromatic heterocycles. The highest BCUT2D eigenvalue weighted by Gasteiger charge is 2.58. The van der Waals surface area contributed by atoms with Crippen molar-refractivity contribution in [2.24, 2.45) is 15.9 Å². The molecule has 24 heteroatoms. The SMILES string of the molecule is CC(O/N=C(\C(=O)N[C@@H]1C(=O)N(OS(=O)(=O)O)C1(C)C)c1csc(N)n1)(C(=O)O)[C@H]1CCc2cc(C3CN=C(NCC(O)CN)NC3)ccc2O1.O=CO. The molecule has 5 rings (SSSR count). The number of rotatable bonds is 13. The molecule has 3 aliphatic rings. The van der Waals surface area contributed by atoms with E-state index in [1.54, 1.807) is 6.07 Å². The van der Waals surface area contributed by atoms with Gasteiger partial charge in [0.1, 0.15) is 17.5 Å². The minimum Gasteiger partial charge on any atom is -0.485 e. The Kier molecular flexibility index (Phi) is 13.0. The van der Waals surface area contributed by atoms with Gasteiger partial charge in [-0.2, -0.15) is 13.5 Å². The van der Waals surface area contributed by atoms with Crippen LogP contribution in [0.3, 0.4) is 0 Å². The van der Waals surface area contributed by atoms with Crippen LogP contribution < -0.4 is 32.2 Å². The number of hydrogen-bond donors (Lipinski definition) is 9. The van der Waals surface area contributed by atoms with Crippen LogP contribution in [-0.4, -0.2) is 130 Å². The lowest BCUT2D eigenvalue weighted by atomic mass is 9.84. The number of ether oxygens (including phenoxy) is 1. The first-order chi connectivity index (χ1) is 25.3. The summed E-state index contributed by atoms with van der Waals surface area (Å²) < 4.78 is 41.8. The maximum Gasteiger partial charge on any atom is 0.418 e. The number of nitrogens with two attached hydrogens (primary N) is 2. The number of aromatic nitrogens is 1. The standard InChI is InChI=1S/C29H39N9O11S2.CH2O2/c1-28(2)22(24(41)38(28)49-51(44,45)46)36-23(40)21(18-13-50-26(31)35-18)37-48-29(3,25(42)43)20-7-5-15-8-14(4-6-19(15)47-20)16-10-32-27(33-11-16)34-12-17(39)9-30;2-1-3/h4,6,8,13,16-17,20,22,39H,5,7,9-12,30H2,1-3H3,(H2,31,35)(H,36,40)(H,42,43)(H2,32,33,34)(H,44,45,46);1H,(H,2,3)/b37-21-;/t17?,20-,22-,29?;/m1./s1. The molecule has 296 valence electrons.